The Morgan fingerprint density at radius 2 is 2.15 bits per heavy atom. The van der Waals surface area contributed by atoms with E-state index in [9.17, 15) is 13.2 Å². The van der Waals surface area contributed by atoms with Crippen LogP contribution in [0.1, 0.15) is 38.2 Å². The highest BCUT2D eigenvalue weighted by atomic mass is 32.2. The second-order valence-electron chi connectivity index (χ2n) is 7.63. The lowest BCUT2D eigenvalue weighted by Gasteiger charge is -2.29. The van der Waals surface area contributed by atoms with Crippen LogP contribution < -0.4 is 9.62 Å². The number of benzene rings is 1. The highest BCUT2D eigenvalue weighted by molar-refractivity contribution is 7.92. The van der Waals surface area contributed by atoms with Crippen molar-refractivity contribution in [2.75, 3.05) is 17.1 Å². The van der Waals surface area contributed by atoms with Gasteiger partial charge in [0.1, 0.15) is 6.54 Å². The first-order chi connectivity index (χ1) is 12.3. The summed E-state index contributed by atoms with van der Waals surface area (Å²) in [7, 11) is -3.64. The summed E-state index contributed by atoms with van der Waals surface area (Å²) in [6, 6.07) is 8.32. The van der Waals surface area contributed by atoms with Crippen molar-refractivity contribution >= 4 is 21.6 Å². The predicted molar refractivity (Wildman–Crippen MR) is 99.9 cm³/mol. The van der Waals surface area contributed by atoms with Gasteiger partial charge in [-0.1, -0.05) is 12.5 Å². The fraction of sp³-hybridized carbons (Fsp3) is 0.579. The van der Waals surface area contributed by atoms with Gasteiger partial charge in [-0.05, 0) is 62.1 Å². The molecule has 1 aromatic rings. The molecule has 0 heterocycles. The molecule has 0 saturated heterocycles. The third-order valence-corrected chi connectivity index (χ3v) is 6.92. The molecule has 2 bridgehead atoms. The number of nitrogens with zero attached hydrogens (tertiary/aromatic N) is 2. The van der Waals surface area contributed by atoms with E-state index < -0.39 is 10.0 Å². The number of nitriles is 1. The molecule has 140 valence electrons. The van der Waals surface area contributed by atoms with Crippen LogP contribution in [0.4, 0.5) is 5.69 Å². The van der Waals surface area contributed by atoms with Crippen molar-refractivity contribution in [3.8, 4) is 6.07 Å². The van der Waals surface area contributed by atoms with Gasteiger partial charge in [0.05, 0.1) is 23.6 Å². The van der Waals surface area contributed by atoms with Crippen LogP contribution in [0.3, 0.4) is 0 Å². The van der Waals surface area contributed by atoms with Crippen molar-refractivity contribution < 1.29 is 13.2 Å². The highest BCUT2D eigenvalue weighted by Crippen LogP contribution is 2.49. The molecular formula is C19H25N3O3S. The molecule has 26 heavy (non-hydrogen) atoms. The zero-order valence-corrected chi connectivity index (χ0v) is 16.0. The Morgan fingerprint density at radius 3 is 2.73 bits per heavy atom. The van der Waals surface area contributed by atoms with E-state index >= 15 is 0 Å². The molecule has 2 aliphatic carbocycles. The Kier molecular flexibility index (Phi) is 5.24. The minimum absolute atomic E-state index is 0.0460. The number of carbonyl (C=O) groups excluding carboxylic acids is 1. The molecular weight excluding hydrogens is 350 g/mol. The number of hydrogen-bond acceptors (Lipinski definition) is 4. The van der Waals surface area contributed by atoms with E-state index in [1.807, 2.05) is 13.0 Å². The van der Waals surface area contributed by atoms with Crippen LogP contribution in [-0.2, 0) is 14.8 Å². The quantitative estimate of drug-likeness (QED) is 0.826. The molecule has 2 aliphatic rings. The second kappa shape index (κ2) is 7.28. The Balaban J connectivity index is 1.69. The summed E-state index contributed by atoms with van der Waals surface area (Å²) in [6.45, 7) is 1.74. The fourth-order valence-electron chi connectivity index (χ4n) is 4.57. The summed E-state index contributed by atoms with van der Waals surface area (Å²) in [5.41, 5.74) is 0.682. The maximum atomic E-state index is 12.5. The lowest BCUT2D eigenvalue weighted by molar-refractivity contribution is -0.120. The first-order valence-corrected chi connectivity index (χ1v) is 10.9. The smallest absolute Gasteiger partial charge is 0.240 e. The first-order valence-electron chi connectivity index (χ1n) is 9.05. The Morgan fingerprint density at radius 1 is 1.38 bits per heavy atom. The largest absolute Gasteiger partial charge is 0.352 e. The summed E-state index contributed by atoms with van der Waals surface area (Å²) < 4.78 is 25.4. The predicted octanol–water partition coefficient (Wildman–Crippen LogP) is 2.27. The van der Waals surface area contributed by atoms with Crippen molar-refractivity contribution in [2.24, 2.45) is 17.8 Å². The van der Waals surface area contributed by atoms with Crippen LogP contribution in [-0.4, -0.2) is 33.2 Å². The number of hydrogen-bond donors (Lipinski definition) is 1. The first kappa shape index (κ1) is 18.7. The molecule has 1 N–H and O–H groups in total. The summed E-state index contributed by atoms with van der Waals surface area (Å²) >= 11 is 0. The van der Waals surface area contributed by atoms with Crippen molar-refractivity contribution in [3.63, 3.8) is 0 Å². The SMILES string of the molecule is C[C@H](NC(=O)CN(c1cccc(C#N)c1)S(C)(=O)=O)[C@@H]1C[C@H]2CC[C@H]1C2. The Hall–Kier alpha value is -2.07. The van der Waals surface area contributed by atoms with E-state index in [2.05, 4.69) is 5.32 Å². The average Bonchev–Trinajstić information content (AvgIpc) is 3.22. The maximum absolute atomic E-state index is 12.5. The van der Waals surface area contributed by atoms with Gasteiger partial charge in [-0.15, -0.1) is 0 Å². The second-order valence-corrected chi connectivity index (χ2v) is 9.53. The third kappa shape index (κ3) is 4.01. The zero-order valence-electron chi connectivity index (χ0n) is 15.2. The van der Waals surface area contributed by atoms with Gasteiger partial charge in [0, 0.05) is 6.04 Å². The average molecular weight is 375 g/mol. The van der Waals surface area contributed by atoms with Crippen molar-refractivity contribution in [2.45, 2.75) is 38.6 Å². The van der Waals surface area contributed by atoms with Crippen LogP contribution in [0.5, 0.6) is 0 Å². The van der Waals surface area contributed by atoms with Crippen molar-refractivity contribution in [3.05, 3.63) is 29.8 Å². The normalized spacial score (nSPS) is 25.5. The summed E-state index contributed by atoms with van der Waals surface area (Å²) in [4.78, 5) is 12.5. The molecule has 0 aromatic heterocycles. The molecule has 1 aromatic carbocycles. The van der Waals surface area contributed by atoms with Crippen molar-refractivity contribution in [1.29, 1.82) is 5.26 Å². The van der Waals surface area contributed by atoms with Crippen LogP contribution in [0.25, 0.3) is 0 Å². The minimum Gasteiger partial charge on any atom is -0.352 e. The van der Waals surface area contributed by atoms with E-state index in [-0.39, 0.29) is 18.5 Å². The number of carbonyl (C=O) groups is 1. The van der Waals surface area contributed by atoms with E-state index in [4.69, 9.17) is 5.26 Å². The summed E-state index contributed by atoms with van der Waals surface area (Å²) in [5.74, 6) is 1.67. The lowest BCUT2D eigenvalue weighted by Crippen LogP contribution is -2.46. The Bertz CT molecular complexity index is 831. The highest BCUT2D eigenvalue weighted by Gasteiger charge is 2.42. The van der Waals surface area contributed by atoms with Crippen LogP contribution >= 0.6 is 0 Å². The van der Waals surface area contributed by atoms with Crippen molar-refractivity contribution in [1.82, 2.24) is 5.32 Å². The molecule has 7 heteroatoms. The van der Waals surface area contributed by atoms with Crippen LogP contribution in [0.15, 0.2) is 24.3 Å². The molecule has 0 spiro atoms. The van der Waals surface area contributed by atoms with E-state index in [0.29, 0.717) is 23.1 Å². The molecule has 0 unspecified atom stereocenters. The van der Waals surface area contributed by atoms with Gasteiger partial charge >= 0.3 is 0 Å². The van der Waals surface area contributed by atoms with E-state index in [0.717, 1.165) is 22.9 Å². The Labute approximate surface area is 155 Å². The van der Waals surface area contributed by atoms with E-state index in [1.165, 1.54) is 25.3 Å². The molecule has 2 saturated carbocycles. The van der Waals surface area contributed by atoms with Gasteiger partial charge < -0.3 is 5.32 Å². The van der Waals surface area contributed by atoms with Gasteiger partial charge in [-0.3, -0.25) is 9.10 Å². The maximum Gasteiger partial charge on any atom is 0.240 e. The van der Waals surface area contributed by atoms with Gasteiger partial charge in [-0.2, -0.15) is 5.26 Å². The van der Waals surface area contributed by atoms with Gasteiger partial charge in [0.15, 0.2) is 0 Å². The fourth-order valence-corrected chi connectivity index (χ4v) is 5.42. The van der Waals surface area contributed by atoms with Gasteiger partial charge in [-0.25, -0.2) is 8.42 Å². The van der Waals surface area contributed by atoms with Crippen LogP contribution in [0, 0.1) is 29.1 Å². The number of rotatable bonds is 6. The van der Waals surface area contributed by atoms with Gasteiger partial charge in [0.25, 0.3) is 0 Å². The number of amides is 1. The monoisotopic (exact) mass is 375 g/mol. The topological polar surface area (TPSA) is 90.3 Å². The number of nitrogens with one attached hydrogen (secondary N) is 1. The number of anilines is 1. The number of fused-ring (bicyclic) bond motifs is 2. The van der Waals surface area contributed by atoms with E-state index in [1.54, 1.807) is 18.2 Å². The molecule has 1 amide bonds. The third-order valence-electron chi connectivity index (χ3n) is 5.77. The minimum atomic E-state index is -3.64. The molecule has 6 nitrogen and oxygen atoms in total. The standard InChI is InChI=1S/C19H25N3O3S/c1-13(18-10-14-6-7-16(18)8-14)21-19(23)12-22(26(2,24)25)17-5-3-4-15(9-17)11-20/h3-5,9,13-14,16,18H,6-8,10,12H2,1-2H3,(H,21,23)/t13-,14-,16-,18-/m0/s1. The molecule has 2 fully saturated rings. The summed E-state index contributed by atoms with van der Waals surface area (Å²) in [5, 5.41) is 12.0. The molecule has 4 atom stereocenters. The number of sulfonamides is 1. The summed E-state index contributed by atoms with van der Waals surface area (Å²) in [6.07, 6.45) is 6.04. The zero-order chi connectivity index (χ0) is 18.9. The van der Waals surface area contributed by atoms with Crippen LogP contribution in [0.2, 0.25) is 0 Å². The molecule has 3 rings (SSSR count). The van der Waals surface area contributed by atoms with Gasteiger partial charge in [0.2, 0.25) is 15.9 Å². The molecule has 0 aliphatic heterocycles. The molecule has 0 radical (unpaired) electrons. The lowest BCUT2D eigenvalue weighted by atomic mass is 9.84.